The van der Waals surface area contributed by atoms with Crippen molar-refractivity contribution in [2.24, 2.45) is 0 Å². The highest BCUT2D eigenvalue weighted by atomic mass is 16.1. The van der Waals surface area contributed by atoms with E-state index in [0.717, 1.165) is 5.56 Å². The fraction of sp³-hybridized carbons (Fsp3) is 0.417. The lowest BCUT2D eigenvalue weighted by Crippen LogP contribution is -2.26. The summed E-state index contributed by atoms with van der Waals surface area (Å²) >= 11 is 0. The van der Waals surface area contributed by atoms with Crippen LogP contribution in [0.1, 0.15) is 31.9 Å². The lowest BCUT2D eigenvalue weighted by Gasteiger charge is -2.21. The molecule has 0 amide bonds. The van der Waals surface area contributed by atoms with Gasteiger partial charge in [0, 0.05) is 5.41 Å². The molecule has 0 fully saturated rings. The summed E-state index contributed by atoms with van der Waals surface area (Å²) in [5.74, 6) is 0.205. The number of rotatable bonds is 2. The Balaban J connectivity index is 3.08. The van der Waals surface area contributed by atoms with Gasteiger partial charge in [-0.2, -0.15) is 0 Å². The third-order valence-corrected chi connectivity index (χ3v) is 2.65. The molecular formula is C12H16O. The molecule has 1 nitrogen and oxygen atoms in total. The second-order valence-corrected chi connectivity index (χ2v) is 4.05. The van der Waals surface area contributed by atoms with E-state index in [2.05, 4.69) is 0 Å². The molecule has 0 saturated carbocycles. The van der Waals surface area contributed by atoms with Crippen molar-refractivity contribution in [3.8, 4) is 0 Å². The van der Waals surface area contributed by atoms with E-state index in [4.69, 9.17) is 0 Å². The van der Waals surface area contributed by atoms with Gasteiger partial charge in [0.05, 0.1) is 0 Å². The van der Waals surface area contributed by atoms with Gasteiger partial charge in [-0.15, -0.1) is 0 Å². The van der Waals surface area contributed by atoms with E-state index in [-0.39, 0.29) is 11.2 Å². The van der Waals surface area contributed by atoms with E-state index in [9.17, 15) is 4.79 Å². The lowest BCUT2D eigenvalue weighted by molar-refractivity contribution is -0.121. The second kappa shape index (κ2) is 3.33. The summed E-state index contributed by atoms with van der Waals surface area (Å²) in [6, 6.07) is 8.13. The van der Waals surface area contributed by atoms with Crippen LogP contribution in [-0.2, 0) is 10.2 Å². The monoisotopic (exact) mass is 176 g/mol. The number of carbonyl (C=O) groups is 1. The molecule has 1 aromatic carbocycles. The molecule has 0 aliphatic rings. The molecule has 0 aliphatic heterocycles. The van der Waals surface area contributed by atoms with Crippen LogP contribution in [0, 0.1) is 6.92 Å². The summed E-state index contributed by atoms with van der Waals surface area (Å²) in [4.78, 5) is 11.4. The number of hydrogen-bond acceptors (Lipinski definition) is 1. The molecule has 0 N–H and O–H groups in total. The quantitative estimate of drug-likeness (QED) is 0.677. The SMILES string of the molecule is CC(=O)C(C)(C)c1ccc(C)cc1. The van der Waals surface area contributed by atoms with Gasteiger partial charge >= 0.3 is 0 Å². The molecule has 70 valence electrons. The maximum atomic E-state index is 11.4. The van der Waals surface area contributed by atoms with Crippen LogP contribution in [0.2, 0.25) is 0 Å². The lowest BCUT2D eigenvalue weighted by atomic mass is 9.81. The molecule has 1 rings (SSSR count). The van der Waals surface area contributed by atoms with Crippen molar-refractivity contribution in [1.29, 1.82) is 0 Å². The van der Waals surface area contributed by atoms with Crippen LogP contribution in [0.3, 0.4) is 0 Å². The van der Waals surface area contributed by atoms with E-state index in [1.165, 1.54) is 5.56 Å². The van der Waals surface area contributed by atoms with Gasteiger partial charge in [0.2, 0.25) is 0 Å². The van der Waals surface area contributed by atoms with Crippen molar-refractivity contribution in [3.63, 3.8) is 0 Å². The molecule has 0 spiro atoms. The number of ketones is 1. The van der Waals surface area contributed by atoms with Crippen LogP contribution in [0.4, 0.5) is 0 Å². The molecule has 0 aromatic heterocycles. The standard InChI is InChI=1S/C12H16O/c1-9-5-7-11(8-6-9)12(3,4)10(2)13/h5-8H,1-4H3. The first kappa shape index (κ1) is 9.97. The van der Waals surface area contributed by atoms with Crippen molar-refractivity contribution < 1.29 is 4.79 Å². The Labute approximate surface area is 79.8 Å². The van der Waals surface area contributed by atoms with Crippen LogP contribution in [0.15, 0.2) is 24.3 Å². The molecule has 0 heterocycles. The first-order chi connectivity index (χ1) is 5.94. The summed E-state index contributed by atoms with van der Waals surface area (Å²) in [6.45, 7) is 7.60. The summed E-state index contributed by atoms with van der Waals surface area (Å²) < 4.78 is 0. The minimum absolute atomic E-state index is 0.205. The molecule has 0 bridgehead atoms. The number of aryl methyl sites for hydroxylation is 1. The molecule has 13 heavy (non-hydrogen) atoms. The topological polar surface area (TPSA) is 17.1 Å². The van der Waals surface area contributed by atoms with Crippen molar-refractivity contribution in [2.75, 3.05) is 0 Å². The molecule has 0 atom stereocenters. The summed E-state index contributed by atoms with van der Waals surface area (Å²) in [5.41, 5.74) is 1.96. The van der Waals surface area contributed by atoms with Gasteiger partial charge in [-0.25, -0.2) is 0 Å². The van der Waals surface area contributed by atoms with Crippen molar-refractivity contribution in [1.82, 2.24) is 0 Å². The van der Waals surface area contributed by atoms with E-state index >= 15 is 0 Å². The van der Waals surface area contributed by atoms with Gasteiger partial charge in [-0.3, -0.25) is 4.79 Å². The van der Waals surface area contributed by atoms with Gasteiger partial charge < -0.3 is 0 Å². The van der Waals surface area contributed by atoms with Crippen molar-refractivity contribution in [3.05, 3.63) is 35.4 Å². The van der Waals surface area contributed by atoms with E-state index in [1.54, 1.807) is 6.92 Å². The number of Topliss-reactive ketones (excluding diaryl/α,β-unsaturated/α-hetero) is 1. The summed E-state index contributed by atoms with van der Waals surface area (Å²) in [6.07, 6.45) is 0. The number of carbonyl (C=O) groups excluding carboxylic acids is 1. The van der Waals surface area contributed by atoms with Crippen LogP contribution in [0.5, 0.6) is 0 Å². The molecule has 1 heteroatoms. The van der Waals surface area contributed by atoms with Gasteiger partial charge in [-0.1, -0.05) is 29.8 Å². The Morgan fingerprint density at radius 2 is 1.62 bits per heavy atom. The van der Waals surface area contributed by atoms with Gasteiger partial charge in [0.15, 0.2) is 0 Å². The highest BCUT2D eigenvalue weighted by molar-refractivity contribution is 5.87. The minimum atomic E-state index is -0.353. The minimum Gasteiger partial charge on any atom is -0.299 e. The Morgan fingerprint density at radius 1 is 1.15 bits per heavy atom. The van der Waals surface area contributed by atoms with Gasteiger partial charge in [-0.05, 0) is 33.3 Å². The van der Waals surface area contributed by atoms with E-state index in [0.29, 0.717) is 0 Å². The Hall–Kier alpha value is -1.11. The number of hydrogen-bond donors (Lipinski definition) is 0. The zero-order valence-corrected chi connectivity index (χ0v) is 8.72. The highest BCUT2D eigenvalue weighted by Gasteiger charge is 2.25. The predicted octanol–water partition coefficient (Wildman–Crippen LogP) is 2.86. The average Bonchev–Trinajstić information content (AvgIpc) is 2.04. The molecule has 0 saturated heterocycles. The smallest absolute Gasteiger partial charge is 0.139 e. The molecular weight excluding hydrogens is 160 g/mol. The molecule has 1 aromatic rings. The zero-order valence-electron chi connectivity index (χ0n) is 8.72. The first-order valence-corrected chi connectivity index (χ1v) is 4.53. The molecule has 0 radical (unpaired) electrons. The van der Waals surface area contributed by atoms with Crippen LogP contribution in [-0.4, -0.2) is 5.78 Å². The van der Waals surface area contributed by atoms with Gasteiger partial charge in [0.1, 0.15) is 5.78 Å². The van der Waals surface area contributed by atoms with Crippen molar-refractivity contribution >= 4 is 5.78 Å². The normalized spacial score (nSPS) is 11.4. The zero-order chi connectivity index (χ0) is 10.1. The third kappa shape index (κ3) is 1.97. The highest BCUT2D eigenvalue weighted by Crippen LogP contribution is 2.24. The van der Waals surface area contributed by atoms with E-state index in [1.807, 2.05) is 45.0 Å². The van der Waals surface area contributed by atoms with Crippen LogP contribution >= 0.6 is 0 Å². The second-order valence-electron chi connectivity index (χ2n) is 4.05. The Kier molecular flexibility index (Phi) is 2.55. The maximum Gasteiger partial charge on any atom is 0.139 e. The summed E-state index contributed by atoms with van der Waals surface area (Å²) in [7, 11) is 0. The van der Waals surface area contributed by atoms with Gasteiger partial charge in [0.25, 0.3) is 0 Å². The maximum absolute atomic E-state index is 11.4. The largest absolute Gasteiger partial charge is 0.299 e. The average molecular weight is 176 g/mol. The third-order valence-electron chi connectivity index (χ3n) is 2.65. The van der Waals surface area contributed by atoms with E-state index < -0.39 is 0 Å². The fourth-order valence-electron chi connectivity index (χ4n) is 1.17. The van der Waals surface area contributed by atoms with Crippen LogP contribution in [0.25, 0.3) is 0 Å². The first-order valence-electron chi connectivity index (χ1n) is 4.53. The van der Waals surface area contributed by atoms with Crippen molar-refractivity contribution in [2.45, 2.75) is 33.1 Å². The molecule has 0 aliphatic carbocycles. The predicted molar refractivity (Wildman–Crippen MR) is 54.9 cm³/mol. The Bertz CT molecular complexity index is 306. The molecule has 0 unspecified atom stereocenters. The summed E-state index contributed by atoms with van der Waals surface area (Å²) in [5, 5.41) is 0. The van der Waals surface area contributed by atoms with Crippen LogP contribution < -0.4 is 0 Å². The fourth-order valence-corrected chi connectivity index (χ4v) is 1.17. The Morgan fingerprint density at radius 3 is 2.00 bits per heavy atom. The number of benzene rings is 1.